The van der Waals surface area contributed by atoms with Gasteiger partial charge in [0.2, 0.25) is 11.8 Å². The van der Waals surface area contributed by atoms with Crippen LogP contribution in [0.25, 0.3) is 32.9 Å². The van der Waals surface area contributed by atoms with Gasteiger partial charge in [-0.25, -0.2) is 13.2 Å². The van der Waals surface area contributed by atoms with Gasteiger partial charge in [-0.2, -0.15) is 9.97 Å². The number of aromatic hydroxyl groups is 1. The number of phenolic OH excluding ortho intramolecular Hbond substituents is 1. The van der Waals surface area contributed by atoms with Crippen molar-refractivity contribution in [3.05, 3.63) is 47.7 Å². The van der Waals surface area contributed by atoms with Crippen LogP contribution in [0.2, 0.25) is 0 Å². The van der Waals surface area contributed by atoms with Crippen LogP contribution in [-0.4, -0.2) is 81.3 Å². The van der Waals surface area contributed by atoms with Crippen LogP contribution in [-0.2, 0) is 9.59 Å². The van der Waals surface area contributed by atoms with Gasteiger partial charge in [0.1, 0.15) is 41.4 Å². The average Bonchev–Trinajstić information content (AvgIpc) is 3.77. The highest BCUT2D eigenvalue weighted by Gasteiger charge is 2.50. The molecule has 4 saturated heterocycles. The Hall–Kier alpha value is -4.96. The van der Waals surface area contributed by atoms with E-state index in [1.807, 2.05) is 0 Å². The molecule has 4 fully saturated rings. The molecule has 0 saturated carbocycles. The Kier molecular flexibility index (Phi) is 6.37. The number of nitrogens with one attached hydrogen (secondary N) is 1. The first kappa shape index (κ1) is 28.5. The number of terminal acetylenes is 1. The first-order valence-electron chi connectivity index (χ1n) is 15.1. The highest BCUT2D eigenvalue weighted by atomic mass is 19.1. The van der Waals surface area contributed by atoms with E-state index in [4.69, 9.17) is 11.2 Å². The minimum absolute atomic E-state index is 0.0582. The molecule has 4 aliphatic rings. The van der Waals surface area contributed by atoms with Gasteiger partial charge in [0.25, 0.3) is 0 Å². The number of imide groups is 1. The summed E-state index contributed by atoms with van der Waals surface area (Å²) in [5, 5.41) is 13.6. The Bertz CT molecular complexity index is 2010. The van der Waals surface area contributed by atoms with E-state index in [1.54, 1.807) is 4.90 Å². The predicted molar refractivity (Wildman–Crippen MR) is 161 cm³/mol. The van der Waals surface area contributed by atoms with Crippen molar-refractivity contribution in [1.82, 2.24) is 25.2 Å². The summed E-state index contributed by atoms with van der Waals surface area (Å²) in [6.45, 7) is 1.47. The number of nitrogens with zero attached hydrogens (tertiary/aromatic N) is 5. The molecule has 4 atom stereocenters. The van der Waals surface area contributed by atoms with Crippen LogP contribution in [0.15, 0.2) is 30.5 Å². The van der Waals surface area contributed by atoms with Crippen LogP contribution in [0.4, 0.5) is 19.0 Å². The lowest BCUT2D eigenvalue weighted by atomic mass is 9.95. The van der Waals surface area contributed by atoms with Crippen molar-refractivity contribution >= 4 is 39.3 Å². The number of aromatic nitrogens is 3. The molecule has 2 unspecified atom stereocenters. The molecule has 4 aromatic rings. The number of ether oxygens (including phenoxy) is 1. The standard InChI is InChI=1S/C33H27F3N6O4/c1-2-19-24(35)5-4-16-8-18(43)9-20(25(16)19)27-26(36)28-21(11-37-27)29(41-13-22-23(14-41)31(45)40-30(22)44)39-32(38-28)46-15-33-6-3-7-42(33)12-17(34)10-33/h1,4-5,8-9,11,17,22-23,43H,3,6-7,10,12-15H2,(H,40,44,45)/t17-,22?,23?,33+/m1/s1. The van der Waals surface area contributed by atoms with Crippen molar-refractivity contribution in [2.45, 2.75) is 31.0 Å². The summed E-state index contributed by atoms with van der Waals surface area (Å²) in [6.07, 6.45) is 7.96. The van der Waals surface area contributed by atoms with Crippen LogP contribution in [0.3, 0.4) is 0 Å². The molecule has 0 spiro atoms. The van der Waals surface area contributed by atoms with Gasteiger partial charge in [-0.15, -0.1) is 6.42 Å². The molecule has 2 aromatic heterocycles. The van der Waals surface area contributed by atoms with Crippen molar-refractivity contribution in [1.29, 1.82) is 0 Å². The third kappa shape index (κ3) is 4.27. The Balaban J connectivity index is 1.28. The van der Waals surface area contributed by atoms with E-state index in [0.29, 0.717) is 18.4 Å². The van der Waals surface area contributed by atoms with Crippen molar-refractivity contribution in [3.8, 4) is 35.4 Å². The Morgan fingerprint density at radius 1 is 1.13 bits per heavy atom. The molecule has 6 heterocycles. The highest BCUT2D eigenvalue weighted by molar-refractivity contribution is 6.07. The number of pyridine rings is 1. The molecule has 2 N–H and O–H groups in total. The van der Waals surface area contributed by atoms with E-state index in [-0.39, 0.29) is 82.2 Å². The number of carbonyl (C=O) groups is 2. The number of anilines is 1. The number of hydrogen-bond donors (Lipinski definition) is 2. The number of halogens is 3. The summed E-state index contributed by atoms with van der Waals surface area (Å²) in [4.78, 5) is 42.1. The van der Waals surface area contributed by atoms with E-state index >= 15 is 4.39 Å². The Morgan fingerprint density at radius 3 is 2.67 bits per heavy atom. The maximum Gasteiger partial charge on any atom is 0.319 e. The number of alkyl halides is 1. The second kappa shape index (κ2) is 10.3. The average molecular weight is 629 g/mol. The zero-order valence-corrected chi connectivity index (χ0v) is 24.4. The second-order valence-electron chi connectivity index (χ2n) is 12.5. The molecule has 46 heavy (non-hydrogen) atoms. The van der Waals surface area contributed by atoms with Gasteiger partial charge in [0.05, 0.1) is 28.3 Å². The summed E-state index contributed by atoms with van der Waals surface area (Å²) >= 11 is 0. The van der Waals surface area contributed by atoms with Crippen molar-refractivity contribution in [2.24, 2.45) is 11.8 Å². The zero-order valence-electron chi connectivity index (χ0n) is 24.4. The minimum Gasteiger partial charge on any atom is -0.508 e. The van der Waals surface area contributed by atoms with Gasteiger partial charge in [0.15, 0.2) is 5.82 Å². The quantitative estimate of drug-likeness (QED) is 0.253. The van der Waals surface area contributed by atoms with E-state index in [0.717, 1.165) is 19.4 Å². The molecule has 8 rings (SSSR count). The van der Waals surface area contributed by atoms with Crippen molar-refractivity contribution < 1.29 is 32.6 Å². The maximum atomic E-state index is 16.7. The number of amides is 2. The van der Waals surface area contributed by atoms with E-state index < -0.39 is 35.2 Å². The molecule has 0 bridgehead atoms. The zero-order chi connectivity index (χ0) is 31.9. The first-order chi connectivity index (χ1) is 22.2. The predicted octanol–water partition coefficient (Wildman–Crippen LogP) is 3.47. The van der Waals surface area contributed by atoms with E-state index in [1.165, 1.54) is 30.5 Å². The third-order valence-electron chi connectivity index (χ3n) is 9.86. The van der Waals surface area contributed by atoms with Crippen LogP contribution in [0, 0.1) is 35.8 Å². The first-order valence-corrected chi connectivity index (χ1v) is 15.1. The molecular weight excluding hydrogens is 601 g/mol. The lowest BCUT2D eigenvalue weighted by Crippen LogP contribution is -2.43. The highest BCUT2D eigenvalue weighted by Crippen LogP contribution is 2.42. The largest absolute Gasteiger partial charge is 0.508 e. The Labute approximate surface area is 260 Å². The third-order valence-corrected chi connectivity index (χ3v) is 9.86. The summed E-state index contributed by atoms with van der Waals surface area (Å²) in [6, 6.07) is 5.09. The monoisotopic (exact) mass is 628 g/mol. The maximum absolute atomic E-state index is 16.7. The summed E-state index contributed by atoms with van der Waals surface area (Å²) in [5.74, 6) is -1.21. The molecule has 2 amide bonds. The van der Waals surface area contributed by atoms with Gasteiger partial charge in [-0.3, -0.25) is 24.8 Å². The molecular formula is C33H27F3N6O4. The summed E-state index contributed by atoms with van der Waals surface area (Å²) < 4.78 is 52.1. The van der Waals surface area contributed by atoms with Gasteiger partial charge < -0.3 is 14.7 Å². The normalized spacial score (nSPS) is 25.7. The van der Waals surface area contributed by atoms with Gasteiger partial charge in [-0.1, -0.05) is 12.0 Å². The SMILES string of the molecule is C#Cc1c(F)ccc2cc(O)cc(-c3ncc4c(N5CC6C(=O)NC(=O)C6C5)nc(OC[C@@]56CCCN5C[C@H](F)C6)nc4c3F)c12. The van der Waals surface area contributed by atoms with Crippen LogP contribution >= 0.6 is 0 Å². The fourth-order valence-corrected chi connectivity index (χ4v) is 7.73. The molecule has 4 aliphatic heterocycles. The molecule has 0 aliphatic carbocycles. The van der Waals surface area contributed by atoms with Gasteiger partial charge >= 0.3 is 6.01 Å². The topological polar surface area (TPSA) is 121 Å². The fourth-order valence-electron chi connectivity index (χ4n) is 7.73. The summed E-state index contributed by atoms with van der Waals surface area (Å²) in [5.41, 5.74) is -0.997. The fraction of sp³-hybridized carbons (Fsp3) is 0.364. The van der Waals surface area contributed by atoms with Crippen LogP contribution < -0.4 is 15.0 Å². The second-order valence-corrected chi connectivity index (χ2v) is 12.5. The lowest BCUT2D eigenvalue weighted by Gasteiger charge is -2.31. The number of fused-ring (bicyclic) bond motifs is 4. The molecule has 234 valence electrons. The van der Waals surface area contributed by atoms with E-state index in [9.17, 15) is 23.5 Å². The minimum atomic E-state index is -0.981. The molecule has 0 radical (unpaired) electrons. The van der Waals surface area contributed by atoms with Crippen LogP contribution in [0.5, 0.6) is 11.8 Å². The number of carbonyl (C=O) groups excluding carboxylic acids is 2. The summed E-state index contributed by atoms with van der Waals surface area (Å²) in [7, 11) is 0. The van der Waals surface area contributed by atoms with Crippen LogP contribution in [0.1, 0.15) is 24.8 Å². The van der Waals surface area contributed by atoms with Crippen molar-refractivity contribution in [3.63, 3.8) is 0 Å². The van der Waals surface area contributed by atoms with Gasteiger partial charge in [-0.05, 0) is 43.0 Å². The molecule has 10 nitrogen and oxygen atoms in total. The molecule has 2 aromatic carbocycles. The lowest BCUT2D eigenvalue weighted by molar-refractivity contribution is -0.126. The van der Waals surface area contributed by atoms with Gasteiger partial charge in [0, 0.05) is 43.2 Å². The number of hydrogen-bond acceptors (Lipinski definition) is 9. The number of benzene rings is 2. The number of phenols is 1. The smallest absolute Gasteiger partial charge is 0.319 e. The van der Waals surface area contributed by atoms with Crippen molar-refractivity contribution in [2.75, 3.05) is 37.7 Å². The number of rotatable bonds is 5. The molecule has 13 heteroatoms. The van der Waals surface area contributed by atoms with E-state index in [2.05, 4.69) is 31.1 Å². The Morgan fingerprint density at radius 2 is 1.91 bits per heavy atom.